The molecule has 3 aromatic rings. The van der Waals surface area contributed by atoms with Crippen molar-refractivity contribution in [3.8, 4) is 11.3 Å². The second kappa shape index (κ2) is 8.58. The standard InChI is InChI=1S/C21H20FN3O2S/c22-17-8-6-15(7-9-17)18-14-23-21(24-18)28-19(16-4-2-1-3-5-16)20(26)25-10-12-27-13-11-25/h1-9,14,19H,10-13H2,(H,23,24). The number of ether oxygens (including phenoxy) is 1. The van der Waals surface area contributed by atoms with Crippen molar-refractivity contribution in [3.05, 3.63) is 72.2 Å². The lowest BCUT2D eigenvalue weighted by molar-refractivity contribution is -0.134. The van der Waals surface area contributed by atoms with E-state index >= 15 is 0 Å². The Balaban J connectivity index is 1.57. The van der Waals surface area contributed by atoms with Gasteiger partial charge < -0.3 is 14.6 Å². The number of nitrogens with zero attached hydrogens (tertiary/aromatic N) is 2. The van der Waals surface area contributed by atoms with Crippen molar-refractivity contribution in [1.29, 1.82) is 0 Å². The number of aromatic nitrogens is 2. The summed E-state index contributed by atoms with van der Waals surface area (Å²) in [6.07, 6.45) is 1.71. The predicted octanol–water partition coefficient (Wildman–Crippen LogP) is 3.91. The highest BCUT2D eigenvalue weighted by molar-refractivity contribution is 8.00. The highest BCUT2D eigenvalue weighted by Crippen LogP contribution is 2.36. The molecule has 4 rings (SSSR count). The van der Waals surface area contributed by atoms with E-state index in [9.17, 15) is 9.18 Å². The van der Waals surface area contributed by atoms with Crippen molar-refractivity contribution in [3.63, 3.8) is 0 Å². The smallest absolute Gasteiger partial charge is 0.240 e. The van der Waals surface area contributed by atoms with Gasteiger partial charge in [-0.25, -0.2) is 9.37 Å². The van der Waals surface area contributed by atoms with Gasteiger partial charge in [0.15, 0.2) is 5.16 Å². The van der Waals surface area contributed by atoms with Gasteiger partial charge in [-0.1, -0.05) is 42.1 Å². The maximum atomic E-state index is 13.2. The number of rotatable bonds is 5. The normalized spacial score (nSPS) is 15.4. The Kier molecular flexibility index (Phi) is 5.73. The third kappa shape index (κ3) is 4.26. The number of halogens is 1. The zero-order valence-corrected chi connectivity index (χ0v) is 16.0. The summed E-state index contributed by atoms with van der Waals surface area (Å²) in [7, 11) is 0. The number of H-pyrrole nitrogens is 1. The van der Waals surface area contributed by atoms with Crippen molar-refractivity contribution >= 4 is 17.7 Å². The van der Waals surface area contributed by atoms with Crippen LogP contribution in [0, 0.1) is 5.82 Å². The number of carbonyl (C=O) groups is 1. The number of aromatic amines is 1. The summed E-state index contributed by atoms with van der Waals surface area (Å²) in [5, 5.41) is 0.251. The van der Waals surface area contributed by atoms with E-state index in [1.165, 1.54) is 23.9 Å². The molecule has 2 aromatic carbocycles. The summed E-state index contributed by atoms with van der Waals surface area (Å²) in [6.45, 7) is 2.32. The number of amides is 1. The molecule has 1 aromatic heterocycles. The molecule has 1 N–H and O–H groups in total. The molecule has 28 heavy (non-hydrogen) atoms. The molecule has 144 valence electrons. The molecule has 0 aliphatic carbocycles. The first-order chi connectivity index (χ1) is 13.7. The van der Waals surface area contributed by atoms with Crippen molar-refractivity contribution in [2.24, 2.45) is 0 Å². The van der Waals surface area contributed by atoms with Gasteiger partial charge in [-0.2, -0.15) is 0 Å². The fraction of sp³-hybridized carbons (Fsp3) is 0.238. The Morgan fingerprint density at radius 1 is 1.11 bits per heavy atom. The van der Waals surface area contributed by atoms with Gasteiger partial charge in [-0.15, -0.1) is 0 Å². The maximum absolute atomic E-state index is 13.2. The van der Waals surface area contributed by atoms with Crippen LogP contribution in [0.15, 0.2) is 66.0 Å². The molecule has 1 saturated heterocycles. The maximum Gasteiger partial charge on any atom is 0.240 e. The van der Waals surface area contributed by atoms with Crippen LogP contribution in [0.2, 0.25) is 0 Å². The van der Waals surface area contributed by atoms with E-state index < -0.39 is 5.25 Å². The molecular weight excluding hydrogens is 377 g/mol. The van der Waals surface area contributed by atoms with Gasteiger partial charge >= 0.3 is 0 Å². The summed E-state index contributed by atoms with van der Waals surface area (Å²) in [5.74, 6) is -0.225. The number of hydrogen-bond donors (Lipinski definition) is 1. The SMILES string of the molecule is O=C(C(Sc1ncc(-c2ccc(F)cc2)[nH]1)c1ccccc1)N1CCOCC1. The van der Waals surface area contributed by atoms with Crippen LogP contribution in [0.4, 0.5) is 4.39 Å². The molecule has 1 aliphatic heterocycles. The summed E-state index contributed by atoms with van der Waals surface area (Å²) in [6, 6.07) is 15.9. The minimum absolute atomic E-state index is 0.0548. The average Bonchev–Trinajstić information content (AvgIpc) is 3.22. The topological polar surface area (TPSA) is 58.2 Å². The molecule has 1 atom stereocenters. The Labute approximate surface area is 166 Å². The average molecular weight is 397 g/mol. The molecule has 0 radical (unpaired) electrons. The van der Waals surface area contributed by atoms with E-state index in [2.05, 4.69) is 9.97 Å². The molecule has 1 fully saturated rings. The van der Waals surface area contributed by atoms with Crippen LogP contribution in [0.1, 0.15) is 10.8 Å². The number of morpholine rings is 1. The van der Waals surface area contributed by atoms with Crippen LogP contribution >= 0.6 is 11.8 Å². The molecule has 7 heteroatoms. The van der Waals surface area contributed by atoms with Gasteiger partial charge in [0, 0.05) is 13.1 Å². The zero-order valence-electron chi connectivity index (χ0n) is 15.2. The molecule has 0 bridgehead atoms. The fourth-order valence-corrected chi connectivity index (χ4v) is 4.14. The lowest BCUT2D eigenvalue weighted by atomic mass is 10.1. The van der Waals surface area contributed by atoms with E-state index in [0.717, 1.165) is 16.8 Å². The van der Waals surface area contributed by atoms with Crippen LogP contribution in [0.5, 0.6) is 0 Å². The Hall–Kier alpha value is -2.64. The van der Waals surface area contributed by atoms with Crippen LogP contribution in [0.3, 0.4) is 0 Å². The highest BCUT2D eigenvalue weighted by atomic mass is 32.2. The molecule has 1 amide bonds. The third-order valence-electron chi connectivity index (χ3n) is 4.59. The van der Waals surface area contributed by atoms with Gasteiger partial charge in [-0.3, -0.25) is 4.79 Å². The molecule has 1 unspecified atom stereocenters. The van der Waals surface area contributed by atoms with Crippen molar-refractivity contribution < 1.29 is 13.9 Å². The quantitative estimate of drug-likeness (QED) is 0.663. The minimum atomic E-state index is -0.397. The van der Waals surface area contributed by atoms with Gasteiger partial charge in [-0.05, 0) is 35.4 Å². The molecule has 5 nitrogen and oxygen atoms in total. The van der Waals surface area contributed by atoms with Crippen LogP contribution in [0.25, 0.3) is 11.3 Å². The van der Waals surface area contributed by atoms with Gasteiger partial charge in [0.2, 0.25) is 5.91 Å². The van der Waals surface area contributed by atoms with E-state index in [4.69, 9.17) is 4.74 Å². The molecular formula is C21H20FN3O2S. The summed E-state index contributed by atoms with van der Waals surface area (Å²) in [5.41, 5.74) is 2.56. The van der Waals surface area contributed by atoms with Crippen molar-refractivity contribution in [2.45, 2.75) is 10.4 Å². The van der Waals surface area contributed by atoms with Gasteiger partial charge in [0.25, 0.3) is 0 Å². The first-order valence-electron chi connectivity index (χ1n) is 9.10. The lowest BCUT2D eigenvalue weighted by Gasteiger charge is -2.30. The van der Waals surface area contributed by atoms with Crippen LogP contribution < -0.4 is 0 Å². The Bertz CT molecular complexity index is 924. The second-order valence-electron chi connectivity index (χ2n) is 6.46. The molecule has 2 heterocycles. The summed E-state index contributed by atoms with van der Waals surface area (Å²) < 4.78 is 18.5. The fourth-order valence-electron chi connectivity index (χ4n) is 3.09. The Morgan fingerprint density at radius 3 is 2.54 bits per heavy atom. The van der Waals surface area contributed by atoms with Crippen molar-refractivity contribution in [1.82, 2.24) is 14.9 Å². The third-order valence-corrected chi connectivity index (χ3v) is 5.73. The predicted molar refractivity (Wildman–Crippen MR) is 106 cm³/mol. The minimum Gasteiger partial charge on any atom is -0.378 e. The number of benzene rings is 2. The molecule has 0 spiro atoms. The monoisotopic (exact) mass is 397 g/mol. The first-order valence-corrected chi connectivity index (χ1v) is 9.98. The number of thioether (sulfide) groups is 1. The van der Waals surface area contributed by atoms with E-state index in [1.54, 1.807) is 18.3 Å². The van der Waals surface area contributed by atoms with E-state index in [-0.39, 0.29) is 11.7 Å². The highest BCUT2D eigenvalue weighted by Gasteiger charge is 2.29. The molecule has 0 saturated carbocycles. The number of hydrogen-bond acceptors (Lipinski definition) is 4. The van der Waals surface area contributed by atoms with E-state index in [1.807, 2.05) is 35.2 Å². The molecule has 1 aliphatic rings. The van der Waals surface area contributed by atoms with Crippen LogP contribution in [-0.4, -0.2) is 47.1 Å². The van der Waals surface area contributed by atoms with Gasteiger partial charge in [0.1, 0.15) is 11.1 Å². The number of carbonyl (C=O) groups excluding carboxylic acids is 1. The summed E-state index contributed by atoms with van der Waals surface area (Å²) >= 11 is 1.39. The van der Waals surface area contributed by atoms with Gasteiger partial charge in [0.05, 0.1) is 25.1 Å². The first kappa shape index (κ1) is 18.7. The number of nitrogens with one attached hydrogen (secondary N) is 1. The zero-order chi connectivity index (χ0) is 19.3. The van der Waals surface area contributed by atoms with Crippen molar-refractivity contribution in [2.75, 3.05) is 26.3 Å². The van der Waals surface area contributed by atoms with Crippen LogP contribution in [-0.2, 0) is 9.53 Å². The van der Waals surface area contributed by atoms with E-state index in [0.29, 0.717) is 31.5 Å². The summed E-state index contributed by atoms with van der Waals surface area (Å²) in [4.78, 5) is 22.7. The lowest BCUT2D eigenvalue weighted by Crippen LogP contribution is -2.42. The second-order valence-corrected chi connectivity index (χ2v) is 7.55. The number of imidazole rings is 1. The largest absolute Gasteiger partial charge is 0.378 e. The Morgan fingerprint density at radius 2 is 1.82 bits per heavy atom.